The number of nitrogens with one attached hydrogen (secondary N) is 5. The molecule has 0 unspecified atom stereocenters. The molecule has 21 heteroatoms. The van der Waals surface area contributed by atoms with Crippen LogP contribution in [-0.2, 0) is 40.0 Å². The average molecular weight is 742 g/mol. The molecule has 0 saturated carbocycles. The normalized spacial score (nSPS) is 18.7. The number of nitrogens with zero attached hydrogens (tertiary/aromatic N) is 1. The lowest BCUT2D eigenvalue weighted by molar-refractivity contribution is -0.144. The first kappa shape index (κ1) is 43.2. The molecule has 1 aromatic carbocycles. The van der Waals surface area contributed by atoms with Gasteiger partial charge in [-0.1, -0.05) is 12.1 Å². The van der Waals surface area contributed by atoms with Crippen LogP contribution in [-0.4, -0.2) is 163 Å². The molecule has 0 bridgehead atoms. The van der Waals surface area contributed by atoms with E-state index >= 15 is 0 Å². The van der Waals surface area contributed by atoms with Crippen molar-refractivity contribution < 1.29 is 69.3 Å². The summed E-state index contributed by atoms with van der Waals surface area (Å²) in [5, 5.41) is 78.4. The van der Waals surface area contributed by atoms with Crippen LogP contribution in [0.4, 0.5) is 0 Å². The van der Waals surface area contributed by atoms with Crippen molar-refractivity contribution >= 4 is 41.4 Å². The van der Waals surface area contributed by atoms with Gasteiger partial charge in [-0.05, 0) is 50.8 Å². The van der Waals surface area contributed by atoms with Crippen LogP contribution in [0.15, 0.2) is 24.3 Å². The number of aromatic hydroxyl groups is 1. The highest BCUT2D eigenvalue weighted by atomic mass is 16.4. The van der Waals surface area contributed by atoms with Crippen molar-refractivity contribution in [2.75, 3.05) is 26.4 Å². The maximum absolute atomic E-state index is 13.4. The van der Waals surface area contributed by atoms with Crippen molar-refractivity contribution in [3.05, 3.63) is 29.8 Å². The minimum absolute atomic E-state index is 0.0133. The maximum atomic E-state index is 13.4. The summed E-state index contributed by atoms with van der Waals surface area (Å²) in [6.07, 6.45) is -2.75. The number of nitrogens with two attached hydrogens (primary N) is 1. The number of likely N-dealkylation sites (tertiary alicyclic amines) is 1. The molecule has 6 amide bonds. The Labute approximate surface area is 297 Å². The van der Waals surface area contributed by atoms with Crippen LogP contribution < -0.4 is 32.3 Å². The van der Waals surface area contributed by atoms with E-state index in [0.717, 1.165) is 18.7 Å². The number of carbonyl (C=O) groups is 7. The number of aliphatic carboxylic acids is 1. The second-order valence-electron chi connectivity index (χ2n) is 12.2. The maximum Gasteiger partial charge on any atom is 0.328 e. The second-order valence-corrected chi connectivity index (χ2v) is 12.2. The smallest absolute Gasteiger partial charge is 0.328 e. The number of hydrogen-bond acceptors (Lipinski definition) is 14. The van der Waals surface area contributed by atoms with Gasteiger partial charge < -0.3 is 73.0 Å². The fraction of sp³-hybridized carbons (Fsp3) is 0.581. The first-order valence-corrected chi connectivity index (χ1v) is 16.2. The largest absolute Gasteiger partial charge is 0.508 e. The van der Waals surface area contributed by atoms with Crippen LogP contribution in [0.1, 0.15) is 32.3 Å². The third-order valence-electron chi connectivity index (χ3n) is 8.10. The van der Waals surface area contributed by atoms with Gasteiger partial charge in [0.15, 0.2) is 0 Å². The molecule has 1 heterocycles. The predicted molar refractivity (Wildman–Crippen MR) is 176 cm³/mol. The average Bonchev–Trinajstić information content (AvgIpc) is 3.59. The highest BCUT2D eigenvalue weighted by Gasteiger charge is 2.40. The van der Waals surface area contributed by atoms with E-state index in [1.165, 1.54) is 12.1 Å². The van der Waals surface area contributed by atoms with Gasteiger partial charge in [-0.3, -0.25) is 28.8 Å². The lowest BCUT2D eigenvalue weighted by Gasteiger charge is -2.30. The zero-order chi connectivity index (χ0) is 39.3. The molecule has 0 spiro atoms. The molecule has 1 fully saturated rings. The minimum atomic E-state index is -1.81. The Morgan fingerprint density at radius 3 is 1.75 bits per heavy atom. The van der Waals surface area contributed by atoms with Gasteiger partial charge in [-0.2, -0.15) is 0 Å². The predicted octanol–water partition coefficient (Wildman–Crippen LogP) is -6.50. The van der Waals surface area contributed by atoms with Gasteiger partial charge in [0.1, 0.15) is 42.0 Å². The number of carboxylic acids is 1. The molecular formula is C31H47N7O14. The lowest BCUT2D eigenvalue weighted by atomic mass is 10.1. The molecule has 21 nitrogen and oxygen atoms in total. The monoisotopic (exact) mass is 741 g/mol. The molecule has 1 saturated heterocycles. The Kier molecular flexibility index (Phi) is 16.8. The van der Waals surface area contributed by atoms with Crippen LogP contribution in [0, 0.1) is 0 Å². The van der Waals surface area contributed by atoms with E-state index in [4.69, 9.17) is 15.9 Å². The first-order valence-electron chi connectivity index (χ1n) is 16.2. The van der Waals surface area contributed by atoms with Crippen LogP contribution in [0.3, 0.4) is 0 Å². The van der Waals surface area contributed by atoms with Crippen LogP contribution in [0.2, 0.25) is 0 Å². The zero-order valence-electron chi connectivity index (χ0n) is 28.5. The highest BCUT2D eigenvalue weighted by molar-refractivity contribution is 5.97. The summed E-state index contributed by atoms with van der Waals surface area (Å²) < 4.78 is 0. The van der Waals surface area contributed by atoms with Crippen molar-refractivity contribution in [1.29, 1.82) is 0 Å². The summed E-state index contributed by atoms with van der Waals surface area (Å²) >= 11 is 0. The molecule has 0 radical (unpaired) electrons. The third kappa shape index (κ3) is 12.1. The van der Waals surface area contributed by atoms with E-state index in [0.29, 0.717) is 12.0 Å². The van der Waals surface area contributed by atoms with Crippen molar-refractivity contribution in [3.8, 4) is 5.75 Å². The number of amides is 6. The molecule has 0 aliphatic carbocycles. The lowest BCUT2D eigenvalue weighted by Crippen LogP contribution is -2.63. The van der Waals surface area contributed by atoms with E-state index in [2.05, 4.69) is 21.3 Å². The topological polar surface area (TPSA) is 351 Å². The summed E-state index contributed by atoms with van der Waals surface area (Å²) in [6.45, 7) is -0.685. The number of carbonyl (C=O) groups excluding carboxylic acids is 6. The summed E-state index contributed by atoms with van der Waals surface area (Å²) in [4.78, 5) is 90.2. The fourth-order valence-corrected chi connectivity index (χ4v) is 5.16. The summed E-state index contributed by atoms with van der Waals surface area (Å²) in [7, 11) is 0. The number of phenolic OH excluding ortho intramolecular Hbond substituents is 1. The van der Waals surface area contributed by atoms with Gasteiger partial charge in [0, 0.05) is 6.54 Å². The summed E-state index contributed by atoms with van der Waals surface area (Å²) in [6, 6.07) is -5.05. The van der Waals surface area contributed by atoms with E-state index < -0.39 is 116 Å². The Hall–Kier alpha value is -4.93. The Bertz CT molecular complexity index is 1430. The van der Waals surface area contributed by atoms with Gasteiger partial charge in [0.2, 0.25) is 35.4 Å². The summed E-state index contributed by atoms with van der Waals surface area (Å²) in [5.74, 6) is -7.72. The van der Waals surface area contributed by atoms with Gasteiger partial charge in [-0.25, -0.2) is 4.79 Å². The molecule has 1 aliphatic heterocycles. The van der Waals surface area contributed by atoms with E-state index in [-0.39, 0.29) is 25.1 Å². The molecule has 52 heavy (non-hydrogen) atoms. The Morgan fingerprint density at radius 1 is 0.750 bits per heavy atom. The van der Waals surface area contributed by atoms with Crippen LogP contribution in [0.25, 0.3) is 0 Å². The summed E-state index contributed by atoms with van der Waals surface area (Å²) in [5.41, 5.74) is 6.59. The van der Waals surface area contributed by atoms with Gasteiger partial charge in [-0.15, -0.1) is 0 Å². The van der Waals surface area contributed by atoms with Crippen LogP contribution in [0.5, 0.6) is 5.75 Å². The number of aliphatic hydroxyl groups is 5. The van der Waals surface area contributed by atoms with E-state index in [9.17, 15) is 59.1 Å². The SMILES string of the molecule is C[C@@H](O)[C@H](NC(=O)[C@H](CO)NC(=O)[C@@H](NC(=O)[C@@H]1CCCN1C(=O)[C@H](CO)NC(=O)[C@@H](N)Cc1ccc(O)cc1)[C@@H](C)O)C(=O)N[C@@H](CO)C(=O)O. The first-order chi connectivity index (χ1) is 24.4. The van der Waals surface area contributed by atoms with Crippen molar-refractivity contribution in [1.82, 2.24) is 31.5 Å². The van der Waals surface area contributed by atoms with Crippen molar-refractivity contribution in [3.63, 3.8) is 0 Å². The molecule has 14 N–H and O–H groups in total. The molecule has 1 aliphatic rings. The number of carboxylic acid groups (broad SMARTS) is 1. The molecular weight excluding hydrogens is 694 g/mol. The third-order valence-corrected chi connectivity index (χ3v) is 8.10. The van der Waals surface area contributed by atoms with E-state index in [1.807, 2.05) is 5.32 Å². The van der Waals surface area contributed by atoms with E-state index in [1.54, 1.807) is 12.1 Å². The molecule has 2 rings (SSSR count). The number of hydrogen-bond donors (Lipinski definition) is 13. The number of phenols is 1. The number of benzene rings is 1. The molecule has 0 aromatic heterocycles. The second kappa shape index (κ2) is 20.2. The standard InChI is InChI=1S/C31H47N7O14/c1-14(42)23(29(49)35-21(13-41)31(51)52)36-26(46)19(11-39)33-28(48)24(15(2)43)37-27(47)22-4-3-9-38(22)30(50)20(12-40)34-25(45)18(32)10-16-5-7-17(44)8-6-16/h5-8,14-15,18-24,39-44H,3-4,9-13,32H2,1-2H3,(H,33,48)(H,34,45)(H,35,49)(H,36,46)(H,37,47)(H,51,52)/t14-,15-,18+,19+,20+,21+,22+,23+,24+/m1/s1. The quantitative estimate of drug-likeness (QED) is 0.0627. The van der Waals surface area contributed by atoms with Gasteiger partial charge in [0.25, 0.3) is 0 Å². The fourth-order valence-electron chi connectivity index (χ4n) is 5.16. The van der Waals surface area contributed by atoms with Crippen LogP contribution >= 0.6 is 0 Å². The van der Waals surface area contributed by atoms with Gasteiger partial charge in [0.05, 0.1) is 38.1 Å². The number of rotatable bonds is 19. The highest BCUT2D eigenvalue weighted by Crippen LogP contribution is 2.19. The number of aliphatic hydroxyl groups excluding tert-OH is 5. The molecule has 290 valence electrons. The molecule has 9 atom stereocenters. The minimum Gasteiger partial charge on any atom is -0.508 e. The zero-order valence-corrected chi connectivity index (χ0v) is 28.5. The van der Waals surface area contributed by atoms with Crippen molar-refractivity contribution in [2.45, 2.75) is 87.6 Å². The van der Waals surface area contributed by atoms with Gasteiger partial charge >= 0.3 is 5.97 Å². The Morgan fingerprint density at radius 2 is 1.25 bits per heavy atom. The van der Waals surface area contributed by atoms with Crippen molar-refractivity contribution in [2.24, 2.45) is 5.73 Å². The Balaban J connectivity index is 2.09. The molecule has 1 aromatic rings.